The van der Waals surface area contributed by atoms with Gasteiger partial charge in [0.05, 0.1) is 17.9 Å². The molecule has 4 rings (SSSR count). The Morgan fingerprint density at radius 1 is 1.08 bits per heavy atom. The van der Waals surface area contributed by atoms with Gasteiger partial charge in [-0.15, -0.1) is 11.3 Å². The van der Waals surface area contributed by atoms with Crippen molar-refractivity contribution in [2.24, 2.45) is 0 Å². The molecule has 0 saturated heterocycles. The van der Waals surface area contributed by atoms with Crippen molar-refractivity contribution in [2.45, 2.75) is 40.3 Å². The number of esters is 1. The lowest BCUT2D eigenvalue weighted by Gasteiger charge is -2.10. The number of amides is 1. The number of benzene rings is 2. The highest BCUT2D eigenvalue weighted by Crippen LogP contribution is 2.24. The van der Waals surface area contributed by atoms with Crippen molar-refractivity contribution >= 4 is 34.4 Å². The van der Waals surface area contributed by atoms with E-state index in [1.54, 1.807) is 6.08 Å². The van der Waals surface area contributed by atoms with Gasteiger partial charge in [-0.2, -0.15) is 5.10 Å². The number of hydrogen-bond donors (Lipinski definition) is 1. The summed E-state index contributed by atoms with van der Waals surface area (Å²) in [6.07, 6.45) is 2.04. The first-order chi connectivity index (χ1) is 17.3. The van der Waals surface area contributed by atoms with Crippen molar-refractivity contribution in [1.29, 1.82) is 0 Å². The topological polar surface area (TPSA) is 86.1 Å². The van der Waals surface area contributed by atoms with Gasteiger partial charge in [-0.25, -0.2) is 9.78 Å². The number of rotatable bonds is 8. The van der Waals surface area contributed by atoms with E-state index in [1.807, 2.05) is 54.2 Å². The van der Waals surface area contributed by atoms with E-state index in [-0.39, 0.29) is 0 Å². The molecule has 4 aromatic rings. The molecule has 7 nitrogen and oxygen atoms in total. The maximum atomic E-state index is 12.5. The Kier molecular flexibility index (Phi) is 7.75. The molecule has 2 aromatic carbocycles. The number of thiazole rings is 1. The molecule has 0 bridgehead atoms. The SMILES string of the molecule is Cc1ccc(Cn2nc(C)c(/C=C/C(=O)O[C@H](C)C(=O)Nc3nc(-c4ccccc4)cs3)c2C)cc1. The zero-order valence-corrected chi connectivity index (χ0v) is 21.5. The lowest BCUT2D eigenvalue weighted by molar-refractivity contribution is -0.148. The highest BCUT2D eigenvalue weighted by Gasteiger charge is 2.19. The summed E-state index contributed by atoms with van der Waals surface area (Å²) >= 11 is 1.32. The predicted molar refractivity (Wildman–Crippen MR) is 143 cm³/mol. The number of carbonyl (C=O) groups excluding carboxylic acids is 2. The fourth-order valence-electron chi connectivity index (χ4n) is 3.67. The zero-order chi connectivity index (χ0) is 25.7. The standard InChI is InChI=1S/C28H28N4O3S/c1-18-10-12-22(13-11-18)16-32-20(3)24(19(2)31-32)14-15-26(33)35-21(4)27(34)30-28-29-25(17-36-28)23-8-6-5-7-9-23/h5-15,17,21H,16H2,1-4H3,(H,29,30,34)/b15-14+/t21-/m1/s1. The van der Waals surface area contributed by atoms with E-state index in [0.717, 1.165) is 33.8 Å². The fourth-order valence-corrected chi connectivity index (χ4v) is 4.39. The normalized spacial score (nSPS) is 12.0. The quantitative estimate of drug-likeness (QED) is 0.253. The molecule has 8 heteroatoms. The molecule has 2 aromatic heterocycles. The molecule has 184 valence electrons. The molecule has 36 heavy (non-hydrogen) atoms. The number of carbonyl (C=O) groups is 2. The summed E-state index contributed by atoms with van der Waals surface area (Å²) in [7, 11) is 0. The number of ether oxygens (including phenoxy) is 1. The van der Waals surface area contributed by atoms with Crippen molar-refractivity contribution in [1.82, 2.24) is 14.8 Å². The molecule has 0 spiro atoms. The molecule has 1 N–H and O–H groups in total. The van der Waals surface area contributed by atoms with Crippen LogP contribution in [0.2, 0.25) is 0 Å². The maximum absolute atomic E-state index is 12.5. The molecule has 0 radical (unpaired) electrons. The Bertz CT molecular complexity index is 1390. The number of nitrogens with one attached hydrogen (secondary N) is 1. The van der Waals surface area contributed by atoms with Crippen LogP contribution in [-0.2, 0) is 20.9 Å². The van der Waals surface area contributed by atoms with Crippen LogP contribution < -0.4 is 5.32 Å². The van der Waals surface area contributed by atoms with Crippen molar-refractivity contribution in [3.8, 4) is 11.3 Å². The van der Waals surface area contributed by atoms with Crippen LogP contribution in [0.5, 0.6) is 0 Å². The lowest BCUT2D eigenvalue weighted by atomic mass is 10.1. The van der Waals surface area contributed by atoms with Crippen molar-refractivity contribution in [2.75, 3.05) is 5.32 Å². The molecule has 1 amide bonds. The van der Waals surface area contributed by atoms with Crippen LogP contribution in [0.4, 0.5) is 5.13 Å². The minimum absolute atomic E-state index is 0.441. The van der Waals surface area contributed by atoms with Crippen LogP contribution in [0.3, 0.4) is 0 Å². The highest BCUT2D eigenvalue weighted by molar-refractivity contribution is 7.14. The van der Waals surface area contributed by atoms with Crippen LogP contribution >= 0.6 is 11.3 Å². The number of nitrogens with zero attached hydrogens (tertiary/aromatic N) is 3. The number of hydrogen-bond acceptors (Lipinski definition) is 6. The van der Waals surface area contributed by atoms with E-state index in [9.17, 15) is 9.59 Å². The minimum atomic E-state index is -0.974. The van der Waals surface area contributed by atoms with Gasteiger partial charge in [0.1, 0.15) is 0 Å². The first-order valence-corrected chi connectivity index (χ1v) is 12.5. The Balaban J connectivity index is 1.34. The summed E-state index contributed by atoms with van der Waals surface area (Å²) in [6.45, 7) is 8.10. The van der Waals surface area contributed by atoms with Crippen LogP contribution in [0.1, 0.15) is 35.0 Å². The summed E-state index contributed by atoms with van der Waals surface area (Å²) in [4.78, 5) is 29.3. The van der Waals surface area contributed by atoms with Crippen molar-refractivity contribution < 1.29 is 14.3 Å². The molecule has 0 aliphatic rings. The second kappa shape index (κ2) is 11.1. The van der Waals surface area contributed by atoms with E-state index in [2.05, 4.69) is 46.6 Å². The Morgan fingerprint density at radius 3 is 2.53 bits per heavy atom. The maximum Gasteiger partial charge on any atom is 0.331 e. The van der Waals surface area contributed by atoms with Crippen LogP contribution in [0.25, 0.3) is 17.3 Å². The van der Waals surface area contributed by atoms with Gasteiger partial charge >= 0.3 is 5.97 Å². The zero-order valence-electron chi connectivity index (χ0n) is 20.7. The first-order valence-electron chi connectivity index (χ1n) is 11.6. The third-order valence-electron chi connectivity index (χ3n) is 5.74. The summed E-state index contributed by atoms with van der Waals surface area (Å²) in [5.41, 5.74) is 6.71. The Hall–Kier alpha value is -4.04. The molecule has 0 fully saturated rings. The van der Waals surface area contributed by atoms with Crippen LogP contribution in [-0.4, -0.2) is 32.7 Å². The van der Waals surface area contributed by atoms with Gasteiger partial charge < -0.3 is 4.74 Å². The monoisotopic (exact) mass is 500 g/mol. The van der Waals surface area contributed by atoms with E-state index in [4.69, 9.17) is 4.74 Å². The highest BCUT2D eigenvalue weighted by atomic mass is 32.1. The summed E-state index contributed by atoms with van der Waals surface area (Å²) in [6, 6.07) is 18.0. The number of anilines is 1. The van der Waals surface area contributed by atoms with Crippen molar-refractivity contribution in [3.05, 3.63) is 94.1 Å². The largest absolute Gasteiger partial charge is 0.449 e. The molecule has 0 saturated carbocycles. The summed E-state index contributed by atoms with van der Waals surface area (Å²) in [5.74, 6) is -1.05. The predicted octanol–water partition coefficient (Wildman–Crippen LogP) is 5.56. The third-order valence-corrected chi connectivity index (χ3v) is 6.50. The molecule has 1 atom stereocenters. The summed E-state index contributed by atoms with van der Waals surface area (Å²) in [5, 5.41) is 9.64. The first kappa shape index (κ1) is 25.1. The molecule has 0 aliphatic heterocycles. The van der Waals surface area contributed by atoms with E-state index >= 15 is 0 Å². The van der Waals surface area contributed by atoms with Gasteiger partial charge in [-0.05, 0) is 39.3 Å². The smallest absolute Gasteiger partial charge is 0.331 e. The van der Waals surface area contributed by atoms with Crippen molar-refractivity contribution in [3.63, 3.8) is 0 Å². The van der Waals surface area contributed by atoms with E-state index < -0.39 is 18.0 Å². The molecule has 2 heterocycles. The number of aromatic nitrogens is 3. The lowest BCUT2D eigenvalue weighted by Crippen LogP contribution is -2.29. The van der Waals surface area contributed by atoms with Gasteiger partial charge in [0.25, 0.3) is 5.91 Å². The Morgan fingerprint density at radius 2 is 1.81 bits per heavy atom. The van der Waals surface area contributed by atoms with Gasteiger partial charge in [0.2, 0.25) is 0 Å². The number of aryl methyl sites for hydroxylation is 2. The van der Waals surface area contributed by atoms with Gasteiger partial charge in [-0.1, -0.05) is 60.2 Å². The molecule has 0 aliphatic carbocycles. The second-order valence-corrected chi connectivity index (χ2v) is 9.39. The van der Waals surface area contributed by atoms with E-state index in [1.165, 1.54) is 29.9 Å². The fraction of sp³-hybridized carbons (Fsp3) is 0.214. The average Bonchev–Trinajstić information content (AvgIpc) is 3.43. The molecular weight excluding hydrogens is 472 g/mol. The third kappa shape index (κ3) is 6.14. The Labute approximate surface area is 214 Å². The van der Waals surface area contributed by atoms with Gasteiger partial charge in [0.15, 0.2) is 11.2 Å². The molecule has 0 unspecified atom stereocenters. The summed E-state index contributed by atoms with van der Waals surface area (Å²) < 4.78 is 7.22. The minimum Gasteiger partial charge on any atom is -0.449 e. The van der Waals surface area contributed by atoms with Gasteiger partial charge in [0, 0.05) is 28.3 Å². The molecular formula is C28H28N4O3S. The average molecular weight is 501 g/mol. The van der Waals surface area contributed by atoms with Crippen LogP contribution in [0, 0.1) is 20.8 Å². The van der Waals surface area contributed by atoms with E-state index in [0.29, 0.717) is 11.7 Å². The second-order valence-electron chi connectivity index (χ2n) is 8.53. The van der Waals surface area contributed by atoms with Gasteiger partial charge in [-0.3, -0.25) is 14.8 Å². The van der Waals surface area contributed by atoms with Crippen LogP contribution in [0.15, 0.2) is 66.1 Å².